The minimum Gasteiger partial charge on any atom is -0.504 e. The molecule has 0 aliphatic carbocycles. The SMILES string of the molecule is COc1ccc(NS(=O)(=O)c2ccc(C)cc2)cc1O. The smallest absolute Gasteiger partial charge is 0.261 e. The molecule has 0 heterocycles. The Hall–Kier alpha value is -2.21. The predicted octanol–water partition coefficient (Wildman–Crippen LogP) is 2.51. The summed E-state index contributed by atoms with van der Waals surface area (Å²) in [6.07, 6.45) is 0. The van der Waals surface area contributed by atoms with Crippen molar-refractivity contribution in [2.75, 3.05) is 11.8 Å². The number of phenols is 1. The van der Waals surface area contributed by atoms with E-state index >= 15 is 0 Å². The Balaban J connectivity index is 2.28. The number of anilines is 1. The fraction of sp³-hybridized carbons (Fsp3) is 0.143. The minimum atomic E-state index is -3.67. The van der Waals surface area contributed by atoms with Crippen LogP contribution in [0.5, 0.6) is 11.5 Å². The van der Waals surface area contributed by atoms with Gasteiger partial charge in [-0.2, -0.15) is 0 Å². The molecule has 0 saturated heterocycles. The summed E-state index contributed by atoms with van der Waals surface area (Å²) in [5.74, 6) is 0.153. The lowest BCUT2D eigenvalue weighted by molar-refractivity contribution is 0.373. The summed E-state index contributed by atoms with van der Waals surface area (Å²) in [7, 11) is -2.25. The van der Waals surface area contributed by atoms with E-state index in [0.717, 1.165) is 5.56 Å². The van der Waals surface area contributed by atoms with Crippen LogP contribution in [0.2, 0.25) is 0 Å². The Bertz CT molecular complexity index is 708. The summed E-state index contributed by atoms with van der Waals surface area (Å²) in [5.41, 5.74) is 1.25. The summed E-state index contributed by atoms with van der Waals surface area (Å²) in [6.45, 7) is 1.88. The van der Waals surface area contributed by atoms with Gasteiger partial charge in [-0.05, 0) is 31.2 Å². The molecule has 0 aliphatic rings. The van der Waals surface area contributed by atoms with E-state index in [1.807, 2.05) is 6.92 Å². The number of benzene rings is 2. The molecule has 6 heteroatoms. The monoisotopic (exact) mass is 293 g/mol. The molecule has 0 spiro atoms. The number of hydrogen-bond donors (Lipinski definition) is 2. The Morgan fingerprint density at radius 2 is 1.75 bits per heavy atom. The van der Waals surface area contributed by atoms with Gasteiger partial charge in [-0.3, -0.25) is 4.72 Å². The van der Waals surface area contributed by atoms with Crippen LogP contribution in [-0.2, 0) is 10.0 Å². The molecule has 0 fully saturated rings. The van der Waals surface area contributed by atoms with Crippen molar-refractivity contribution in [2.24, 2.45) is 0 Å². The van der Waals surface area contributed by atoms with Crippen molar-refractivity contribution in [3.05, 3.63) is 48.0 Å². The second-order valence-electron chi connectivity index (χ2n) is 4.31. The maximum absolute atomic E-state index is 12.2. The first kappa shape index (κ1) is 14.2. The third-order valence-corrected chi connectivity index (χ3v) is 4.16. The number of phenolic OH excluding ortho intramolecular Hbond substituents is 1. The first-order chi connectivity index (χ1) is 9.42. The molecule has 0 aliphatic heterocycles. The molecular formula is C14H15NO4S. The number of methoxy groups -OCH3 is 1. The average Bonchev–Trinajstić information content (AvgIpc) is 2.39. The Labute approximate surface area is 117 Å². The molecule has 2 N–H and O–H groups in total. The minimum absolute atomic E-state index is 0.128. The van der Waals surface area contributed by atoms with Gasteiger partial charge in [-0.25, -0.2) is 8.42 Å². The Kier molecular flexibility index (Phi) is 3.85. The van der Waals surface area contributed by atoms with E-state index < -0.39 is 10.0 Å². The molecule has 0 unspecified atom stereocenters. The van der Waals surface area contributed by atoms with Crippen LogP contribution in [-0.4, -0.2) is 20.6 Å². The summed E-state index contributed by atoms with van der Waals surface area (Å²) in [6, 6.07) is 10.8. The van der Waals surface area contributed by atoms with Crippen molar-refractivity contribution in [3.63, 3.8) is 0 Å². The molecule has 0 atom stereocenters. The van der Waals surface area contributed by atoms with Crippen LogP contribution in [0.3, 0.4) is 0 Å². The largest absolute Gasteiger partial charge is 0.504 e. The lowest BCUT2D eigenvalue weighted by Gasteiger charge is -2.10. The van der Waals surface area contributed by atoms with Crippen LogP contribution in [0, 0.1) is 6.92 Å². The van der Waals surface area contributed by atoms with Gasteiger partial charge in [0.05, 0.1) is 17.7 Å². The number of nitrogens with one attached hydrogen (secondary N) is 1. The van der Waals surface area contributed by atoms with Gasteiger partial charge < -0.3 is 9.84 Å². The third-order valence-electron chi connectivity index (χ3n) is 2.76. The van der Waals surface area contributed by atoms with E-state index in [2.05, 4.69) is 4.72 Å². The highest BCUT2D eigenvalue weighted by Gasteiger charge is 2.14. The van der Waals surface area contributed by atoms with Gasteiger partial charge in [0.15, 0.2) is 11.5 Å². The van der Waals surface area contributed by atoms with Gasteiger partial charge in [0, 0.05) is 6.07 Å². The van der Waals surface area contributed by atoms with Gasteiger partial charge in [-0.15, -0.1) is 0 Å². The van der Waals surface area contributed by atoms with Gasteiger partial charge in [0.1, 0.15) is 0 Å². The second-order valence-corrected chi connectivity index (χ2v) is 5.99. The number of aromatic hydroxyl groups is 1. The zero-order chi connectivity index (χ0) is 14.8. The summed E-state index contributed by atoms with van der Waals surface area (Å²) < 4.78 is 31.6. The van der Waals surface area contributed by atoms with Crippen LogP contribution in [0.25, 0.3) is 0 Å². The zero-order valence-corrected chi connectivity index (χ0v) is 11.9. The van der Waals surface area contributed by atoms with Crippen molar-refractivity contribution in [3.8, 4) is 11.5 Å². The number of aryl methyl sites for hydroxylation is 1. The zero-order valence-electron chi connectivity index (χ0n) is 11.1. The molecule has 5 nitrogen and oxygen atoms in total. The van der Waals surface area contributed by atoms with Crippen molar-refractivity contribution < 1.29 is 18.3 Å². The standard InChI is InChI=1S/C14H15NO4S/c1-10-3-6-12(7-4-10)20(17,18)15-11-5-8-14(19-2)13(16)9-11/h3-9,15-16H,1-2H3. The first-order valence-electron chi connectivity index (χ1n) is 5.89. The highest BCUT2D eigenvalue weighted by atomic mass is 32.2. The molecular weight excluding hydrogens is 278 g/mol. The maximum atomic E-state index is 12.2. The molecule has 0 bridgehead atoms. The fourth-order valence-electron chi connectivity index (χ4n) is 1.68. The maximum Gasteiger partial charge on any atom is 0.261 e. The highest BCUT2D eigenvalue weighted by Crippen LogP contribution is 2.29. The quantitative estimate of drug-likeness (QED) is 0.908. The molecule has 20 heavy (non-hydrogen) atoms. The van der Waals surface area contributed by atoms with Crippen LogP contribution >= 0.6 is 0 Å². The van der Waals surface area contributed by atoms with Crippen molar-refractivity contribution in [1.82, 2.24) is 0 Å². The van der Waals surface area contributed by atoms with E-state index in [-0.39, 0.29) is 22.1 Å². The van der Waals surface area contributed by atoms with Gasteiger partial charge >= 0.3 is 0 Å². The summed E-state index contributed by atoms with van der Waals surface area (Å²) in [5, 5.41) is 9.64. The normalized spacial score (nSPS) is 11.1. The molecule has 2 rings (SSSR count). The van der Waals surface area contributed by atoms with E-state index in [4.69, 9.17) is 4.74 Å². The lowest BCUT2D eigenvalue weighted by atomic mass is 10.2. The Morgan fingerprint density at radius 1 is 1.10 bits per heavy atom. The molecule has 106 valence electrons. The molecule has 2 aromatic carbocycles. The van der Waals surface area contributed by atoms with Crippen molar-refractivity contribution in [1.29, 1.82) is 0 Å². The second kappa shape index (κ2) is 5.42. The predicted molar refractivity (Wildman–Crippen MR) is 76.6 cm³/mol. The van der Waals surface area contributed by atoms with E-state index in [9.17, 15) is 13.5 Å². The highest BCUT2D eigenvalue weighted by molar-refractivity contribution is 7.92. The van der Waals surface area contributed by atoms with Crippen LogP contribution in [0.15, 0.2) is 47.4 Å². The van der Waals surface area contributed by atoms with Crippen LogP contribution < -0.4 is 9.46 Å². The molecule has 0 amide bonds. The van der Waals surface area contributed by atoms with Crippen LogP contribution in [0.1, 0.15) is 5.56 Å². The molecule has 0 radical (unpaired) electrons. The number of rotatable bonds is 4. The number of hydrogen-bond acceptors (Lipinski definition) is 4. The van der Waals surface area contributed by atoms with Crippen molar-refractivity contribution in [2.45, 2.75) is 11.8 Å². The van der Waals surface area contributed by atoms with Gasteiger partial charge in [0.25, 0.3) is 10.0 Å². The van der Waals surface area contributed by atoms with Gasteiger partial charge in [-0.1, -0.05) is 17.7 Å². The van der Waals surface area contributed by atoms with Crippen LogP contribution in [0.4, 0.5) is 5.69 Å². The van der Waals surface area contributed by atoms with E-state index in [1.54, 1.807) is 12.1 Å². The summed E-state index contributed by atoms with van der Waals surface area (Å²) >= 11 is 0. The fourth-order valence-corrected chi connectivity index (χ4v) is 2.73. The summed E-state index contributed by atoms with van der Waals surface area (Å²) in [4.78, 5) is 0.165. The average molecular weight is 293 g/mol. The van der Waals surface area contributed by atoms with Crippen molar-refractivity contribution >= 4 is 15.7 Å². The molecule has 2 aromatic rings. The number of sulfonamides is 1. The van der Waals surface area contributed by atoms with E-state index in [0.29, 0.717) is 0 Å². The molecule has 0 saturated carbocycles. The molecule has 0 aromatic heterocycles. The van der Waals surface area contributed by atoms with E-state index in [1.165, 1.54) is 37.4 Å². The Morgan fingerprint density at radius 3 is 2.30 bits per heavy atom. The van der Waals surface area contributed by atoms with Gasteiger partial charge in [0.2, 0.25) is 0 Å². The third kappa shape index (κ3) is 3.03. The number of ether oxygens (including phenoxy) is 1. The topological polar surface area (TPSA) is 75.6 Å². The first-order valence-corrected chi connectivity index (χ1v) is 7.37. The lowest BCUT2D eigenvalue weighted by Crippen LogP contribution is -2.12.